The zero-order valence-electron chi connectivity index (χ0n) is 19.8. The Kier molecular flexibility index (Phi) is 8.82. The summed E-state index contributed by atoms with van der Waals surface area (Å²) in [5.74, 6) is 0. The number of rotatable bonds is 12. The van der Waals surface area contributed by atoms with Crippen LogP contribution < -0.4 is 5.01 Å². The van der Waals surface area contributed by atoms with Crippen LogP contribution in [0.25, 0.3) is 0 Å². The van der Waals surface area contributed by atoms with Crippen molar-refractivity contribution >= 4 is 28.7 Å². The van der Waals surface area contributed by atoms with E-state index >= 15 is 0 Å². The van der Waals surface area contributed by atoms with E-state index in [9.17, 15) is 0 Å². The van der Waals surface area contributed by atoms with Crippen molar-refractivity contribution in [3.8, 4) is 0 Å². The molecule has 0 aromatic heterocycles. The first kappa shape index (κ1) is 23.8. The van der Waals surface area contributed by atoms with Gasteiger partial charge in [-0.25, -0.2) is 0 Å². The predicted octanol–water partition coefficient (Wildman–Crippen LogP) is 8.32. The molecule has 0 spiro atoms. The largest absolute Gasteiger partial charge is 0.392 e. The molecule has 0 bridgehead atoms. The van der Waals surface area contributed by atoms with Crippen LogP contribution in [0.1, 0.15) is 89.2 Å². The van der Waals surface area contributed by atoms with Gasteiger partial charge >= 0.3 is 0 Å². The first-order valence-corrected chi connectivity index (χ1v) is 13.0. The Bertz CT molecular complexity index is 943. The Morgan fingerprint density at radius 3 is 2.30 bits per heavy atom. The molecule has 0 saturated carbocycles. The lowest BCUT2D eigenvalue weighted by molar-refractivity contribution is 0.0770. The molecule has 2 aromatic carbocycles. The molecule has 176 valence electrons. The standard InChI is InChI=1S/C28H36ClN3O/c1-2-3-4-5-6-7-8-12-17-23-20-27(31-33-23)26-21-28(24-18-13-14-19-25(24)29)32(30-26)22-15-10-9-11-16-22/h9-11,13-16,18-19,23,28H,2-8,12,17,20-21H2,1H3. The van der Waals surface area contributed by atoms with Crippen molar-refractivity contribution in [1.82, 2.24) is 0 Å². The first-order chi connectivity index (χ1) is 16.3. The fraction of sp³-hybridized carbons (Fsp3) is 0.500. The monoisotopic (exact) mass is 465 g/mol. The van der Waals surface area contributed by atoms with Gasteiger partial charge in [0.05, 0.1) is 17.4 Å². The van der Waals surface area contributed by atoms with E-state index < -0.39 is 0 Å². The molecule has 2 unspecified atom stereocenters. The van der Waals surface area contributed by atoms with Crippen LogP contribution in [0.4, 0.5) is 5.69 Å². The van der Waals surface area contributed by atoms with E-state index in [1.165, 1.54) is 51.4 Å². The number of halogens is 1. The van der Waals surface area contributed by atoms with Crippen LogP contribution in [0.5, 0.6) is 0 Å². The summed E-state index contributed by atoms with van der Waals surface area (Å²) in [4.78, 5) is 5.81. The molecule has 2 heterocycles. The summed E-state index contributed by atoms with van der Waals surface area (Å²) in [7, 11) is 0. The Balaban J connectivity index is 1.33. The third-order valence-corrected chi connectivity index (χ3v) is 6.99. The normalized spacial score (nSPS) is 20.0. The highest BCUT2D eigenvalue weighted by atomic mass is 35.5. The van der Waals surface area contributed by atoms with Crippen molar-refractivity contribution in [3.05, 3.63) is 65.2 Å². The number of hydrogen-bond acceptors (Lipinski definition) is 4. The van der Waals surface area contributed by atoms with Gasteiger partial charge in [-0.15, -0.1) is 0 Å². The second-order valence-corrected chi connectivity index (χ2v) is 9.61. The molecule has 2 aliphatic rings. The van der Waals surface area contributed by atoms with Crippen LogP contribution in [-0.4, -0.2) is 17.5 Å². The second-order valence-electron chi connectivity index (χ2n) is 9.20. The molecule has 2 aliphatic heterocycles. The molecule has 0 N–H and O–H groups in total. The molecule has 5 heteroatoms. The molecule has 4 rings (SSSR count). The predicted molar refractivity (Wildman–Crippen MR) is 139 cm³/mol. The summed E-state index contributed by atoms with van der Waals surface area (Å²) in [6.07, 6.45) is 13.6. The van der Waals surface area contributed by atoms with Gasteiger partial charge in [-0.05, 0) is 36.6 Å². The fourth-order valence-corrected chi connectivity index (χ4v) is 5.01. The third-order valence-electron chi connectivity index (χ3n) is 6.64. The smallest absolute Gasteiger partial charge is 0.133 e. The van der Waals surface area contributed by atoms with E-state index in [2.05, 4.69) is 35.3 Å². The summed E-state index contributed by atoms with van der Waals surface area (Å²) in [6.45, 7) is 2.27. The summed E-state index contributed by atoms with van der Waals surface area (Å²) in [6, 6.07) is 18.4. The average molecular weight is 466 g/mol. The zero-order valence-corrected chi connectivity index (χ0v) is 20.5. The lowest BCUT2D eigenvalue weighted by Crippen LogP contribution is -2.19. The topological polar surface area (TPSA) is 37.2 Å². The van der Waals surface area contributed by atoms with Crippen molar-refractivity contribution < 1.29 is 4.84 Å². The van der Waals surface area contributed by atoms with Gasteiger partial charge in [0, 0.05) is 17.9 Å². The molecular weight excluding hydrogens is 430 g/mol. The van der Waals surface area contributed by atoms with Crippen molar-refractivity contribution in [3.63, 3.8) is 0 Å². The number of anilines is 1. The Morgan fingerprint density at radius 1 is 0.848 bits per heavy atom. The maximum Gasteiger partial charge on any atom is 0.133 e. The minimum absolute atomic E-state index is 0.0607. The minimum Gasteiger partial charge on any atom is -0.392 e. The van der Waals surface area contributed by atoms with Gasteiger partial charge in [0.1, 0.15) is 11.8 Å². The number of hydrazone groups is 1. The Labute approximate surface area is 203 Å². The lowest BCUT2D eigenvalue weighted by atomic mass is 9.97. The van der Waals surface area contributed by atoms with Crippen molar-refractivity contribution in [1.29, 1.82) is 0 Å². The summed E-state index contributed by atoms with van der Waals surface area (Å²) in [5.41, 5.74) is 4.17. The number of oxime groups is 1. The number of hydrogen-bond donors (Lipinski definition) is 0. The van der Waals surface area contributed by atoms with E-state index in [0.29, 0.717) is 0 Å². The highest BCUT2D eigenvalue weighted by molar-refractivity contribution is 6.43. The average Bonchev–Trinajstić information content (AvgIpc) is 3.49. The van der Waals surface area contributed by atoms with E-state index in [-0.39, 0.29) is 12.1 Å². The maximum absolute atomic E-state index is 6.57. The summed E-state index contributed by atoms with van der Waals surface area (Å²) >= 11 is 6.57. The van der Waals surface area contributed by atoms with Gasteiger partial charge in [0.15, 0.2) is 0 Å². The molecule has 33 heavy (non-hydrogen) atoms. The second kappa shape index (κ2) is 12.2. The van der Waals surface area contributed by atoms with Crippen LogP contribution in [0.2, 0.25) is 5.02 Å². The van der Waals surface area contributed by atoms with E-state index in [1.54, 1.807) is 0 Å². The maximum atomic E-state index is 6.57. The van der Waals surface area contributed by atoms with Gasteiger partial charge in [-0.1, -0.05) is 105 Å². The molecule has 0 amide bonds. The highest BCUT2D eigenvalue weighted by Crippen LogP contribution is 2.39. The number of unbranched alkanes of at least 4 members (excludes halogenated alkanes) is 7. The van der Waals surface area contributed by atoms with Gasteiger partial charge in [-0.3, -0.25) is 5.01 Å². The molecule has 0 radical (unpaired) electrons. The van der Waals surface area contributed by atoms with Crippen LogP contribution in [0, 0.1) is 0 Å². The molecule has 0 aliphatic carbocycles. The van der Waals surface area contributed by atoms with Crippen molar-refractivity contribution in [2.75, 3.05) is 5.01 Å². The number of benzene rings is 2. The lowest BCUT2D eigenvalue weighted by Gasteiger charge is -2.24. The molecule has 4 nitrogen and oxygen atoms in total. The van der Waals surface area contributed by atoms with E-state index in [0.717, 1.165) is 47.0 Å². The van der Waals surface area contributed by atoms with Gasteiger partial charge in [0.25, 0.3) is 0 Å². The quantitative estimate of drug-likeness (QED) is 0.295. The van der Waals surface area contributed by atoms with Crippen molar-refractivity contribution in [2.45, 2.75) is 89.7 Å². The molecular formula is C28H36ClN3O. The van der Waals surface area contributed by atoms with Gasteiger partial charge in [0.2, 0.25) is 0 Å². The fourth-order valence-electron chi connectivity index (χ4n) is 4.75. The zero-order chi connectivity index (χ0) is 22.9. The Hall–Kier alpha value is -2.33. The minimum atomic E-state index is 0.0607. The molecule has 0 saturated heterocycles. The molecule has 2 atom stereocenters. The SMILES string of the molecule is CCCCCCCCCCC1CC(C2=NN(c3ccccc3)C(c3ccccc3Cl)C2)=NO1. The van der Waals surface area contributed by atoms with E-state index in [1.807, 2.05) is 36.4 Å². The van der Waals surface area contributed by atoms with Crippen molar-refractivity contribution in [2.24, 2.45) is 10.3 Å². The van der Waals surface area contributed by atoms with Crippen LogP contribution in [0.3, 0.4) is 0 Å². The Morgan fingerprint density at radius 2 is 1.55 bits per heavy atom. The molecule has 2 aromatic rings. The number of para-hydroxylation sites is 1. The van der Waals surface area contributed by atoms with Crippen LogP contribution >= 0.6 is 11.6 Å². The van der Waals surface area contributed by atoms with Gasteiger partial charge in [-0.2, -0.15) is 5.10 Å². The van der Waals surface area contributed by atoms with Crippen LogP contribution in [-0.2, 0) is 4.84 Å². The van der Waals surface area contributed by atoms with E-state index in [4.69, 9.17) is 21.5 Å². The van der Waals surface area contributed by atoms with Crippen LogP contribution in [0.15, 0.2) is 64.9 Å². The highest BCUT2D eigenvalue weighted by Gasteiger charge is 2.35. The first-order valence-electron chi connectivity index (χ1n) is 12.7. The van der Waals surface area contributed by atoms with Gasteiger partial charge < -0.3 is 4.84 Å². The molecule has 0 fully saturated rings. The third kappa shape index (κ3) is 6.38. The summed E-state index contributed by atoms with van der Waals surface area (Å²) < 4.78 is 0. The number of nitrogens with zero attached hydrogens (tertiary/aromatic N) is 3. The summed E-state index contributed by atoms with van der Waals surface area (Å²) in [5, 5.41) is 12.3.